The van der Waals surface area contributed by atoms with Gasteiger partial charge in [-0.1, -0.05) is 48.5 Å². The molecule has 0 aliphatic heterocycles. The van der Waals surface area contributed by atoms with Crippen molar-refractivity contribution in [2.24, 2.45) is 10.8 Å². The Morgan fingerprint density at radius 1 is 0.769 bits per heavy atom. The molecule has 2 unspecified atom stereocenters. The van der Waals surface area contributed by atoms with E-state index < -0.39 is 10.8 Å². The lowest BCUT2D eigenvalue weighted by Crippen LogP contribution is -2.68. The van der Waals surface area contributed by atoms with E-state index in [2.05, 4.69) is 24.3 Å². The normalized spacial score (nSPS) is 32.5. The van der Waals surface area contributed by atoms with E-state index in [4.69, 9.17) is 9.47 Å². The zero-order valence-corrected chi connectivity index (χ0v) is 14.8. The van der Waals surface area contributed by atoms with Crippen molar-refractivity contribution in [1.29, 1.82) is 0 Å². The van der Waals surface area contributed by atoms with Crippen LogP contribution in [0.3, 0.4) is 0 Å². The third kappa shape index (κ3) is 1.45. The second-order valence-corrected chi connectivity index (χ2v) is 7.63. The molecule has 0 N–H and O–H groups in total. The molecular formula is C22H20O4. The molecule has 2 aromatic carbocycles. The van der Waals surface area contributed by atoms with Crippen molar-refractivity contribution < 1.29 is 19.1 Å². The van der Waals surface area contributed by atoms with Crippen LogP contribution in [0.2, 0.25) is 0 Å². The highest BCUT2D eigenvalue weighted by atomic mass is 16.5. The molecule has 3 aliphatic carbocycles. The highest BCUT2D eigenvalue weighted by Gasteiger charge is 2.83. The largest absolute Gasteiger partial charge is 0.469 e. The Morgan fingerprint density at radius 2 is 1.15 bits per heavy atom. The summed E-state index contributed by atoms with van der Waals surface area (Å²) >= 11 is 0. The molecule has 1 saturated carbocycles. The average Bonchev–Trinajstić information content (AvgIpc) is 3.14. The summed E-state index contributed by atoms with van der Waals surface area (Å²) in [5.41, 5.74) is 2.83. The predicted octanol–water partition coefficient (Wildman–Crippen LogP) is 3.00. The minimum Gasteiger partial charge on any atom is -0.469 e. The van der Waals surface area contributed by atoms with Crippen LogP contribution < -0.4 is 0 Å². The van der Waals surface area contributed by atoms with Crippen molar-refractivity contribution in [2.75, 3.05) is 14.2 Å². The molecule has 0 bridgehead atoms. The highest BCUT2D eigenvalue weighted by Crippen LogP contribution is 2.80. The predicted molar refractivity (Wildman–Crippen MR) is 94.7 cm³/mol. The molecule has 4 nitrogen and oxygen atoms in total. The molecule has 0 aromatic heterocycles. The zero-order valence-electron chi connectivity index (χ0n) is 14.8. The van der Waals surface area contributed by atoms with Gasteiger partial charge in [-0.15, -0.1) is 0 Å². The maximum atomic E-state index is 13.2. The van der Waals surface area contributed by atoms with Crippen molar-refractivity contribution >= 4 is 11.9 Å². The molecule has 3 aliphatic rings. The van der Waals surface area contributed by atoms with Gasteiger partial charge in [-0.3, -0.25) is 9.59 Å². The van der Waals surface area contributed by atoms with Gasteiger partial charge in [0.2, 0.25) is 0 Å². The second kappa shape index (κ2) is 4.97. The Kier molecular flexibility index (Phi) is 2.98. The van der Waals surface area contributed by atoms with Gasteiger partial charge in [-0.05, 0) is 35.1 Å². The highest BCUT2D eigenvalue weighted by molar-refractivity contribution is 5.97. The number of methoxy groups -OCH3 is 2. The van der Waals surface area contributed by atoms with Crippen LogP contribution in [0, 0.1) is 10.8 Å². The lowest BCUT2D eigenvalue weighted by Gasteiger charge is -2.61. The van der Waals surface area contributed by atoms with Crippen LogP contribution in [-0.2, 0) is 31.9 Å². The van der Waals surface area contributed by atoms with Gasteiger partial charge in [-0.2, -0.15) is 0 Å². The maximum Gasteiger partial charge on any atom is 0.313 e. The molecule has 132 valence electrons. The van der Waals surface area contributed by atoms with E-state index in [0.29, 0.717) is 12.8 Å². The Bertz CT molecular complexity index is 871. The van der Waals surface area contributed by atoms with Gasteiger partial charge in [0.15, 0.2) is 0 Å². The molecule has 0 saturated heterocycles. The summed E-state index contributed by atoms with van der Waals surface area (Å²) in [5, 5.41) is 0. The van der Waals surface area contributed by atoms with Crippen molar-refractivity contribution in [3.63, 3.8) is 0 Å². The van der Waals surface area contributed by atoms with E-state index in [0.717, 1.165) is 11.1 Å². The first-order valence-corrected chi connectivity index (χ1v) is 8.94. The number of ether oxygens (including phenoxy) is 2. The van der Waals surface area contributed by atoms with Gasteiger partial charge in [0.1, 0.15) is 0 Å². The van der Waals surface area contributed by atoms with Crippen molar-refractivity contribution in [1.82, 2.24) is 0 Å². The molecule has 1 fully saturated rings. The third-order valence-corrected chi connectivity index (χ3v) is 7.01. The molecular weight excluding hydrogens is 328 g/mol. The minimum atomic E-state index is -0.887. The Hall–Kier alpha value is -2.62. The number of hydrogen-bond acceptors (Lipinski definition) is 4. The Balaban J connectivity index is 1.80. The summed E-state index contributed by atoms with van der Waals surface area (Å²) in [6, 6.07) is 16.3. The number of fused-ring (bicyclic) bond motifs is 8. The van der Waals surface area contributed by atoms with E-state index in [9.17, 15) is 9.59 Å². The monoisotopic (exact) mass is 348 g/mol. The number of hydrogen-bond donors (Lipinski definition) is 0. The van der Waals surface area contributed by atoms with Crippen molar-refractivity contribution in [2.45, 2.75) is 24.7 Å². The van der Waals surface area contributed by atoms with Crippen molar-refractivity contribution in [3.8, 4) is 0 Å². The molecule has 4 atom stereocenters. The lowest BCUT2D eigenvalue weighted by molar-refractivity contribution is -0.204. The fourth-order valence-electron chi connectivity index (χ4n) is 6.18. The maximum absolute atomic E-state index is 13.2. The fourth-order valence-corrected chi connectivity index (χ4v) is 6.18. The van der Waals surface area contributed by atoms with Gasteiger partial charge in [0, 0.05) is 11.8 Å². The number of rotatable bonds is 2. The summed E-state index contributed by atoms with van der Waals surface area (Å²) in [7, 11) is 2.83. The first kappa shape index (κ1) is 15.6. The van der Waals surface area contributed by atoms with E-state index in [1.807, 2.05) is 24.3 Å². The first-order chi connectivity index (χ1) is 12.6. The second-order valence-electron chi connectivity index (χ2n) is 7.63. The van der Waals surface area contributed by atoms with Gasteiger partial charge >= 0.3 is 11.9 Å². The van der Waals surface area contributed by atoms with Gasteiger partial charge in [-0.25, -0.2) is 0 Å². The van der Waals surface area contributed by atoms with Crippen molar-refractivity contribution in [3.05, 3.63) is 70.8 Å². The van der Waals surface area contributed by atoms with Crippen LogP contribution in [-0.4, -0.2) is 26.2 Å². The molecule has 26 heavy (non-hydrogen) atoms. The number of carbonyl (C=O) groups is 2. The number of carbonyl (C=O) groups excluding carboxylic acids is 2. The molecule has 0 radical (unpaired) electrons. The van der Waals surface area contributed by atoms with E-state index in [1.165, 1.54) is 25.3 Å². The van der Waals surface area contributed by atoms with Crippen LogP contribution in [0.4, 0.5) is 0 Å². The Labute approximate surface area is 152 Å². The SMILES string of the molecule is COC(=O)[C@]12Cc3ccccc3C1C1c3ccccc3C[C@@]12C(=O)OC. The topological polar surface area (TPSA) is 52.6 Å². The molecule has 0 heterocycles. The van der Waals surface area contributed by atoms with Gasteiger partial charge in [0.25, 0.3) is 0 Å². The third-order valence-electron chi connectivity index (χ3n) is 7.01. The molecule has 2 aromatic rings. The fraction of sp³-hybridized carbons (Fsp3) is 0.364. The van der Waals surface area contributed by atoms with Crippen LogP contribution in [0.25, 0.3) is 0 Å². The summed E-state index contributed by atoms with van der Waals surface area (Å²) in [4.78, 5) is 26.3. The first-order valence-electron chi connectivity index (χ1n) is 8.94. The summed E-state index contributed by atoms with van der Waals surface area (Å²) in [6.07, 6.45) is 1.06. The van der Waals surface area contributed by atoms with Gasteiger partial charge < -0.3 is 9.47 Å². The smallest absolute Gasteiger partial charge is 0.313 e. The number of esters is 2. The van der Waals surface area contributed by atoms with Crippen LogP contribution in [0.1, 0.15) is 34.1 Å². The molecule has 4 heteroatoms. The standard InChI is InChI=1S/C22H20O4/c1-25-19(23)21-11-13-7-3-5-9-15(13)17(21)18-16-10-6-4-8-14(16)12-22(18,21)20(24)26-2/h3-10,17-18H,11-12H2,1-2H3/t17?,18?,21-,22-/m0/s1. The van der Waals surface area contributed by atoms with E-state index in [1.54, 1.807) is 0 Å². The molecule has 0 spiro atoms. The van der Waals surface area contributed by atoms with E-state index in [-0.39, 0.29) is 23.8 Å². The quantitative estimate of drug-likeness (QED) is 0.783. The summed E-state index contributed by atoms with van der Waals surface area (Å²) in [6.45, 7) is 0. The average molecular weight is 348 g/mol. The van der Waals surface area contributed by atoms with Crippen LogP contribution in [0.15, 0.2) is 48.5 Å². The Morgan fingerprint density at radius 3 is 1.54 bits per heavy atom. The van der Waals surface area contributed by atoms with Crippen LogP contribution in [0.5, 0.6) is 0 Å². The van der Waals surface area contributed by atoms with Crippen LogP contribution >= 0.6 is 0 Å². The van der Waals surface area contributed by atoms with E-state index >= 15 is 0 Å². The lowest BCUT2D eigenvalue weighted by atomic mass is 9.38. The number of benzene rings is 2. The minimum absolute atomic E-state index is 0.0473. The summed E-state index contributed by atoms with van der Waals surface area (Å²) < 4.78 is 10.5. The zero-order chi connectivity index (χ0) is 18.1. The summed E-state index contributed by atoms with van der Waals surface area (Å²) in [5.74, 6) is -0.691. The molecule has 0 amide bonds. The molecule has 5 rings (SSSR count). The van der Waals surface area contributed by atoms with Gasteiger partial charge in [0.05, 0.1) is 25.0 Å².